The van der Waals surface area contributed by atoms with Crippen LogP contribution < -0.4 is 9.80 Å². The van der Waals surface area contributed by atoms with Gasteiger partial charge in [0.25, 0.3) is 5.91 Å². The van der Waals surface area contributed by atoms with Gasteiger partial charge in [-0.3, -0.25) is 14.5 Å². The molecule has 0 aromatic heterocycles. The Morgan fingerprint density at radius 1 is 1.07 bits per heavy atom. The second-order valence-corrected chi connectivity index (χ2v) is 9.65. The molecule has 1 N–H and O–H groups in total. The maximum absolute atomic E-state index is 14.0. The Labute approximate surface area is 168 Å². The van der Waals surface area contributed by atoms with Crippen LogP contribution in [0.5, 0.6) is 5.75 Å². The molecule has 1 fully saturated rings. The van der Waals surface area contributed by atoms with Gasteiger partial charge in [0.1, 0.15) is 5.75 Å². The zero-order chi connectivity index (χ0) is 19.8. The largest absolute Gasteiger partial charge is 0.508 e. The Kier molecular flexibility index (Phi) is 3.48. The first-order valence-corrected chi connectivity index (χ1v) is 10.5. The van der Waals surface area contributed by atoms with Gasteiger partial charge in [0.15, 0.2) is 0 Å². The van der Waals surface area contributed by atoms with E-state index in [0.29, 0.717) is 11.6 Å². The van der Waals surface area contributed by atoms with E-state index in [0.717, 1.165) is 17.7 Å². The lowest BCUT2D eigenvalue weighted by Crippen LogP contribution is -2.56. The van der Waals surface area contributed by atoms with Crippen LogP contribution >= 0.6 is 11.8 Å². The Hall–Kier alpha value is -2.47. The average molecular weight is 394 g/mol. The molecule has 5 nitrogen and oxygen atoms in total. The van der Waals surface area contributed by atoms with Crippen LogP contribution in [0, 0.1) is 0 Å². The topological polar surface area (TPSA) is 60.9 Å². The molecule has 144 valence electrons. The molecule has 3 aliphatic heterocycles. The Bertz CT molecular complexity index is 1020. The van der Waals surface area contributed by atoms with E-state index in [2.05, 4.69) is 26.8 Å². The van der Waals surface area contributed by atoms with E-state index in [9.17, 15) is 14.7 Å². The number of rotatable bonds is 1. The minimum Gasteiger partial charge on any atom is -0.508 e. The Balaban J connectivity index is 1.78. The van der Waals surface area contributed by atoms with Crippen molar-refractivity contribution in [3.05, 3.63) is 53.6 Å². The van der Waals surface area contributed by atoms with Crippen LogP contribution in [-0.2, 0) is 14.5 Å². The van der Waals surface area contributed by atoms with E-state index in [1.807, 2.05) is 17.0 Å². The molecule has 2 amide bonds. The third-order valence-electron chi connectivity index (χ3n) is 6.17. The highest BCUT2D eigenvalue weighted by Crippen LogP contribution is 2.61. The van der Waals surface area contributed by atoms with Gasteiger partial charge in [-0.05, 0) is 56.0 Å². The quantitative estimate of drug-likeness (QED) is 0.795. The van der Waals surface area contributed by atoms with E-state index in [1.54, 1.807) is 29.2 Å². The molecule has 3 heterocycles. The Morgan fingerprint density at radius 3 is 2.50 bits per heavy atom. The van der Waals surface area contributed by atoms with Crippen LogP contribution in [-0.4, -0.2) is 28.2 Å². The maximum atomic E-state index is 14.0. The first kappa shape index (κ1) is 17.6. The number of amides is 2. The van der Waals surface area contributed by atoms with Gasteiger partial charge in [0.05, 0.1) is 11.4 Å². The van der Waals surface area contributed by atoms with Crippen LogP contribution in [0.2, 0.25) is 0 Å². The lowest BCUT2D eigenvalue weighted by atomic mass is 9.80. The van der Waals surface area contributed by atoms with Gasteiger partial charge in [0.2, 0.25) is 10.8 Å². The van der Waals surface area contributed by atoms with Crippen molar-refractivity contribution in [1.29, 1.82) is 0 Å². The summed E-state index contributed by atoms with van der Waals surface area (Å²) in [6.45, 7) is 6.41. The van der Waals surface area contributed by atoms with Gasteiger partial charge < -0.3 is 10.0 Å². The van der Waals surface area contributed by atoms with Crippen molar-refractivity contribution < 1.29 is 14.7 Å². The standard InChI is InChI=1S/C22H22N2O3S/c1-13-11-21(2,3)24-19-16(13)5-4-6-17(19)22(20(24)27)23(18(26)12-28-22)14-7-9-15(25)10-8-14/h4-10,13,25H,11-12H2,1-3H3/t13-,22-/m0/s1. The molecular formula is C22H22N2O3S. The molecule has 1 saturated heterocycles. The van der Waals surface area contributed by atoms with Gasteiger partial charge >= 0.3 is 0 Å². The molecule has 0 aliphatic carbocycles. The third-order valence-corrected chi connectivity index (χ3v) is 7.55. The average Bonchev–Trinajstić information content (AvgIpc) is 3.11. The van der Waals surface area contributed by atoms with Crippen molar-refractivity contribution in [2.24, 2.45) is 0 Å². The van der Waals surface area contributed by atoms with E-state index in [-0.39, 0.29) is 28.9 Å². The summed E-state index contributed by atoms with van der Waals surface area (Å²) in [7, 11) is 0. The summed E-state index contributed by atoms with van der Waals surface area (Å²) in [5, 5.41) is 9.67. The van der Waals surface area contributed by atoms with Crippen molar-refractivity contribution in [3.63, 3.8) is 0 Å². The highest BCUT2D eigenvalue weighted by molar-refractivity contribution is 8.02. The molecule has 0 saturated carbocycles. The first-order chi connectivity index (χ1) is 13.3. The van der Waals surface area contributed by atoms with E-state index >= 15 is 0 Å². The lowest BCUT2D eigenvalue weighted by Gasteiger charge is -2.44. The van der Waals surface area contributed by atoms with Crippen LogP contribution in [0.3, 0.4) is 0 Å². The number of carbonyl (C=O) groups excluding carboxylic acids is 2. The fourth-order valence-corrected chi connectivity index (χ4v) is 6.47. The SMILES string of the molecule is C[C@H]1CC(C)(C)N2C(=O)[C@@]3(SCC(=O)N3c3ccc(O)cc3)c3cccc1c32. The van der Waals surface area contributed by atoms with Crippen molar-refractivity contribution in [1.82, 2.24) is 0 Å². The molecule has 0 unspecified atom stereocenters. The number of aromatic hydroxyl groups is 1. The predicted molar refractivity (Wildman–Crippen MR) is 111 cm³/mol. The molecular weight excluding hydrogens is 372 g/mol. The molecule has 0 radical (unpaired) electrons. The highest BCUT2D eigenvalue weighted by Gasteiger charge is 2.64. The summed E-state index contributed by atoms with van der Waals surface area (Å²) in [6, 6.07) is 12.6. The number of anilines is 2. The minimum absolute atomic E-state index is 0.0456. The molecule has 5 rings (SSSR count). The smallest absolute Gasteiger partial charge is 0.269 e. The summed E-state index contributed by atoms with van der Waals surface area (Å²) >= 11 is 1.40. The van der Waals surface area contributed by atoms with Gasteiger partial charge in [-0.25, -0.2) is 0 Å². The number of fused-ring (bicyclic) bond motifs is 1. The number of phenolic OH excluding ortho intramolecular Hbond substituents is 1. The Morgan fingerprint density at radius 2 is 1.79 bits per heavy atom. The van der Waals surface area contributed by atoms with Gasteiger partial charge in [-0.2, -0.15) is 0 Å². The molecule has 2 aromatic carbocycles. The van der Waals surface area contributed by atoms with Gasteiger partial charge in [-0.15, -0.1) is 11.8 Å². The molecule has 2 aromatic rings. The predicted octanol–water partition coefficient (Wildman–Crippen LogP) is 3.96. The second-order valence-electron chi connectivity index (χ2n) is 8.48. The van der Waals surface area contributed by atoms with E-state index in [1.165, 1.54) is 17.3 Å². The number of para-hydroxylation sites is 1. The van der Waals surface area contributed by atoms with Crippen LogP contribution in [0.4, 0.5) is 11.4 Å². The molecule has 1 spiro atoms. The number of nitrogens with zero attached hydrogens (tertiary/aromatic N) is 2. The minimum atomic E-state index is -1.08. The molecule has 28 heavy (non-hydrogen) atoms. The highest BCUT2D eigenvalue weighted by atomic mass is 32.2. The van der Waals surface area contributed by atoms with Crippen molar-refractivity contribution in [2.45, 2.75) is 43.5 Å². The summed E-state index contributed by atoms with van der Waals surface area (Å²) < 4.78 is 0. The number of hydrogen-bond acceptors (Lipinski definition) is 4. The number of hydrogen-bond donors (Lipinski definition) is 1. The van der Waals surface area contributed by atoms with Crippen LogP contribution in [0.25, 0.3) is 0 Å². The number of thioether (sulfide) groups is 1. The summed E-state index contributed by atoms with van der Waals surface area (Å²) in [6.07, 6.45) is 0.878. The maximum Gasteiger partial charge on any atom is 0.269 e. The fourth-order valence-electron chi connectivity index (χ4n) is 5.13. The third kappa shape index (κ3) is 2.04. The molecule has 3 aliphatic rings. The summed E-state index contributed by atoms with van der Waals surface area (Å²) in [5.74, 6) is 0.587. The summed E-state index contributed by atoms with van der Waals surface area (Å²) in [4.78, 5) is 29.4. The second kappa shape index (κ2) is 5.54. The monoisotopic (exact) mass is 394 g/mol. The van der Waals surface area contributed by atoms with E-state index in [4.69, 9.17) is 0 Å². The lowest BCUT2D eigenvalue weighted by molar-refractivity contribution is -0.124. The summed E-state index contributed by atoms with van der Waals surface area (Å²) in [5.41, 5.74) is 3.36. The number of phenols is 1. The van der Waals surface area contributed by atoms with Gasteiger partial charge in [0, 0.05) is 16.8 Å². The fraction of sp³-hybridized carbons (Fsp3) is 0.364. The zero-order valence-electron chi connectivity index (χ0n) is 16.1. The number of carbonyl (C=O) groups is 2. The normalized spacial score (nSPS) is 27.6. The van der Waals surface area contributed by atoms with Crippen molar-refractivity contribution >= 4 is 35.0 Å². The molecule has 0 bridgehead atoms. The van der Waals surface area contributed by atoms with E-state index < -0.39 is 4.87 Å². The van der Waals surface area contributed by atoms with Crippen molar-refractivity contribution in [2.75, 3.05) is 15.6 Å². The van der Waals surface area contributed by atoms with Gasteiger partial charge in [-0.1, -0.05) is 25.1 Å². The molecule has 6 heteroatoms. The van der Waals surface area contributed by atoms with Crippen LogP contribution in [0.15, 0.2) is 42.5 Å². The zero-order valence-corrected chi connectivity index (χ0v) is 16.9. The van der Waals surface area contributed by atoms with Crippen LogP contribution in [0.1, 0.15) is 44.2 Å². The first-order valence-electron chi connectivity index (χ1n) is 9.51. The van der Waals surface area contributed by atoms with Crippen molar-refractivity contribution in [3.8, 4) is 5.75 Å². The molecule has 2 atom stereocenters. The number of benzene rings is 2.